The first-order chi connectivity index (χ1) is 10.2. The maximum atomic E-state index is 12.3. The summed E-state index contributed by atoms with van der Waals surface area (Å²) in [5.74, 6) is 0.318. The molecule has 1 saturated carbocycles. The molecule has 1 fully saturated rings. The highest BCUT2D eigenvalue weighted by Gasteiger charge is 2.20. The Bertz CT molecular complexity index is 431. The maximum absolute atomic E-state index is 12.3. The zero-order chi connectivity index (χ0) is 15.1. The Hall–Kier alpha value is -1.35. The molecule has 3 heteroatoms. The van der Waals surface area contributed by atoms with E-state index in [0.29, 0.717) is 0 Å². The summed E-state index contributed by atoms with van der Waals surface area (Å²) < 4.78 is 0. The number of amides is 1. The summed E-state index contributed by atoms with van der Waals surface area (Å²) >= 11 is 0. The molecule has 0 heterocycles. The second-order valence-electron chi connectivity index (χ2n) is 6.12. The molecule has 1 aromatic rings. The van der Waals surface area contributed by atoms with Gasteiger partial charge in [0.05, 0.1) is 0 Å². The molecule has 0 radical (unpaired) electrons. The predicted octanol–water partition coefficient (Wildman–Crippen LogP) is 4.09. The fourth-order valence-electron chi connectivity index (χ4n) is 2.60. The van der Waals surface area contributed by atoms with Crippen molar-refractivity contribution in [1.29, 1.82) is 0 Å². The van der Waals surface area contributed by atoms with Crippen LogP contribution in [0.1, 0.15) is 57.9 Å². The largest absolute Gasteiger partial charge is 0.326 e. The number of carbonyl (C=O) groups is 1. The van der Waals surface area contributed by atoms with Gasteiger partial charge in [0.1, 0.15) is 0 Å². The van der Waals surface area contributed by atoms with Crippen molar-refractivity contribution < 1.29 is 4.79 Å². The van der Waals surface area contributed by atoms with Gasteiger partial charge in [0.25, 0.3) is 0 Å². The fourth-order valence-corrected chi connectivity index (χ4v) is 2.60. The zero-order valence-corrected chi connectivity index (χ0v) is 13.3. The van der Waals surface area contributed by atoms with Gasteiger partial charge in [-0.05, 0) is 43.4 Å². The summed E-state index contributed by atoms with van der Waals surface area (Å²) in [7, 11) is 0. The van der Waals surface area contributed by atoms with Gasteiger partial charge in [0.15, 0.2) is 0 Å². The quantitative estimate of drug-likeness (QED) is 0.718. The third-order valence-corrected chi connectivity index (χ3v) is 4.04. The number of benzene rings is 1. The first kappa shape index (κ1) is 16.0. The number of hydrogen-bond acceptors (Lipinski definition) is 2. The first-order valence-electron chi connectivity index (χ1n) is 8.36. The van der Waals surface area contributed by atoms with E-state index in [1.807, 2.05) is 12.1 Å². The lowest BCUT2D eigenvalue weighted by atomic mass is 9.97. The van der Waals surface area contributed by atoms with Crippen molar-refractivity contribution in [2.75, 3.05) is 5.32 Å². The minimum absolute atomic E-state index is 0.149. The summed E-state index contributed by atoms with van der Waals surface area (Å²) in [5.41, 5.74) is 2.19. The molecule has 1 amide bonds. The molecule has 0 spiro atoms. The van der Waals surface area contributed by atoms with E-state index < -0.39 is 0 Å². The van der Waals surface area contributed by atoms with Gasteiger partial charge in [-0.15, -0.1) is 0 Å². The molecule has 0 unspecified atom stereocenters. The molecule has 21 heavy (non-hydrogen) atoms. The van der Waals surface area contributed by atoms with E-state index >= 15 is 0 Å². The first-order valence-corrected chi connectivity index (χ1v) is 8.36. The third kappa shape index (κ3) is 5.50. The molecule has 0 saturated heterocycles. The van der Waals surface area contributed by atoms with Gasteiger partial charge in [0, 0.05) is 24.2 Å². The van der Waals surface area contributed by atoms with Gasteiger partial charge in [-0.25, -0.2) is 0 Å². The molecule has 2 N–H and O–H groups in total. The van der Waals surface area contributed by atoms with Gasteiger partial charge in [-0.1, -0.05) is 38.8 Å². The molecule has 3 nitrogen and oxygen atoms in total. The van der Waals surface area contributed by atoms with Crippen LogP contribution in [-0.2, 0) is 11.3 Å². The van der Waals surface area contributed by atoms with E-state index in [1.165, 1.54) is 18.4 Å². The Morgan fingerprint density at radius 2 is 1.76 bits per heavy atom. The molecular formula is C18H28N2O. The van der Waals surface area contributed by atoms with Crippen LogP contribution in [0.4, 0.5) is 5.69 Å². The SMILES string of the molecule is CCCC(CCC)C(=O)Nc1ccc(CNC2CC2)cc1. The Labute approximate surface area is 128 Å². The van der Waals surface area contributed by atoms with Crippen molar-refractivity contribution in [3.8, 4) is 0 Å². The summed E-state index contributed by atoms with van der Waals surface area (Å²) in [6.45, 7) is 5.20. The minimum atomic E-state index is 0.149. The van der Waals surface area contributed by atoms with E-state index in [0.717, 1.165) is 44.0 Å². The van der Waals surface area contributed by atoms with Crippen molar-refractivity contribution in [2.45, 2.75) is 65.0 Å². The highest BCUT2D eigenvalue weighted by molar-refractivity contribution is 5.92. The predicted molar refractivity (Wildman–Crippen MR) is 88.2 cm³/mol. The molecule has 116 valence electrons. The summed E-state index contributed by atoms with van der Waals surface area (Å²) in [5, 5.41) is 6.55. The van der Waals surface area contributed by atoms with Crippen LogP contribution >= 0.6 is 0 Å². The van der Waals surface area contributed by atoms with Crippen LogP contribution in [0.2, 0.25) is 0 Å². The van der Waals surface area contributed by atoms with Crippen LogP contribution in [0.3, 0.4) is 0 Å². The van der Waals surface area contributed by atoms with Crippen LogP contribution in [0.15, 0.2) is 24.3 Å². The minimum Gasteiger partial charge on any atom is -0.326 e. The number of nitrogens with one attached hydrogen (secondary N) is 2. The van der Waals surface area contributed by atoms with Gasteiger partial charge < -0.3 is 10.6 Å². The molecule has 0 aromatic heterocycles. The average molecular weight is 288 g/mol. The number of anilines is 1. The second-order valence-corrected chi connectivity index (χ2v) is 6.12. The molecule has 0 aliphatic heterocycles. The van der Waals surface area contributed by atoms with Crippen LogP contribution in [0.25, 0.3) is 0 Å². The van der Waals surface area contributed by atoms with E-state index in [4.69, 9.17) is 0 Å². The zero-order valence-electron chi connectivity index (χ0n) is 13.3. The highest BCUT2D eigenvalue weighted by atomic mass is 16.1. The molecule has 1 aliphatic rings. The van der Waals surface area contributed by atoms with E-state index in [9.17, 15) is 4.79 Å². The maximum Gasteiger partial charge on any atom is 0.227 e. The van der Waals surface area contributed by atoms with Gasteiger partial charge in [0.2, 0.25) is 5.91 Å². The lowest BCUT2D eigenvalue weighted by Crippen LogP contribution is -2.22. The third-order valence-electron chi connectivity index (χ3n) is 4.04. The standard InChI is InChI=1S/C18H28N2O/c1-3-5-15(6-4-2)18(21)20-17-9-7-14(8-10-17)13-19-16-11-12-16/h7-10,15-16,19H,3-6,11-13H2,1-2H3,(H,20,21). The molecule has 0 atom stereocenters. The lowest BCUT2D eigenvalue weighted by Gasteiger charge is -2.15. The summed E-state index contributed by atoms with van der Waals surface area (Å²) in [6, 6.07) is 8.94. The Morgan fingerprint density at radius 1 is 1.14 bits per heavy atom. The van der Waals surface area contributed by atoms with Gasteiger partial charge >= 0.3 is 0 Å². The van der Waals surface area contributed by atoms with Gasteiger partial charge in [-0.2, -0.15) is 0 Å². The number of hydrogen-bond donors (Lipinski definition) is 2. The molecule has 0 bridgehead atoms. The highest BCUT2D eigenvalue weighted by Crippen LogP contribution is 2.20. The van der Waals surface area contributed by atoms with Crippen molar-refractivity contribution >= 4 is 11.6 Å². The average Bonchev–Trinajstić information content (AvgIpc) is 3.30. The van der Waals surface area contributed by atoms with Crippen LogP contribution < -0.4 is 10.6 Å². The number of rotatable bonds is 9. The summed E-state index contributed by atoms with van der Waals surface area (Å²) in [6.07, 6.45) is 6.69. The van der Waals surface area contributed by atoms with E-state index in [1.54, 1.807) is 0 Å². The molecule has 1 aliphatic carbocycles. The lowest BCUT2D eigenvalue weighted by molar-refractivity contribution is -0.120. The van der Waals surface area contributed by atoms with Crippen LogP contribution in [0, 0.1) is 5.92 Å². The van der Waals surface area contributed by atoms with Crippen molar-refractivity contribution in [1.82, 2.24) is 5.32 Å². The Kier molecular flexibility index (Phi) is 6.24. The fraction of sp³-hybridized carbons (Fsp3) is 0.611. The van der Waals surface area contributed by atoms with E-state index in [-0.39, 0.29) is 11.8 Å². The topological polar surface area (TPSA) is 41.1 Å². The van der Waals surface area contributed by atoms with Gasteiger partial charge in [-0.3, -0.25) is 4.79 Å². The summed E-state index contributed by atoms with van der Waals surface area (Å²) in [4.78, 5) is 12.3. The Balaban J connectivity index is 1.84. The Morgan fingerprint density at radius 3 is 2.29 bits per heavy atom. The normalized spacial score (nSPS) is 14.4. The van der Waals surface area contributed by atoms with Crippen LogP contribution in [-0.4, -0.2) is 11.9 Å². The van der Waals surface area contributed by atoms with Crippen molar-refractivity contribution in [3.63, 3.8) is 0 Å². The molecule has 2 rings (SSSR count). The second kappa shape index (κ2) is 8.18. The van der Waals surface area contributed by atoms with Crippen molar-refractivity contribution in [2.24, 2.45) is 5.92 Å². The monoisotopic (exact) mass is 288 g/mol. The van der Waals surface area contributed by atoms with Crippen molar-refractivity contribution in [3.05, 3.63) is 29.8 Å². The number of carbonyl (C=O) groups excluding carboxylic acids is 1. The smallest absolute Gasteiger partial charge is 0.227 e. The van der Waals surface area contributed by atoms with Crippen LogP contribution in [0.5, 0.6) is 0 Å². The molecular weight excluding hydrogens is 260 g/mol. The van der Waals surface area contributed by atoms with E-state index in [2.05, 4.69) is 36.6 Å². The molecule has 1 aromatic carbocycles.